The Hall–Kier alpha value is -2.18. The largest absolute Gasteiger partial charge is 1.00 e. The molecule has 2 unspecified atom stereocenters. The van der Waals surface area contributed by atoms with Gasteiger partial charge in [0.05, 0.1) is 0 Å². The zero-order valence-corrected chi connectivity index (χ0v) is 35.0. The molecule has 2 aliphatic carbocycles. The van der Waals surface area contributed by atoms with Crippen molar-refractivity contribution in [2.75, 3.05) is 0 Å². The van der Waals surface area contributed by atoms with Crippen molar-refractivity contribution in [3.05, 3.63) is 127 Å². The molecule has 0 amide bonds. The molecule has 4 aromatic carbocycles. The third-order valence-corrected chi connectivity index (χ3v) is 25.3. The minimum atomic E-state index is -2.90. The number of rotatable bonds is 10. The standard InChI is InChI=1S/2C22H25.C2H4.2ClH.Zr/c2*1-5-6-10-18-13-20-17(4)16(3)12-21(22(20)14-18)19-11-8-7-9-15(19)2;1-2;;;/h2*7-9,11-14H,5-6,10H2,1-4H3;1-2H2;2*1H;/q;;;;;+2/p-2. The van der Waals surface area contributed by atoms with Gasteiger partial charge in [-0.2, -0.15) is 0 Å². The minimum absolute atomic E-state index is 0. The van der Waals surface area contributed by atoms with E-state index in [0.717, 1.165) is 0 Å². The van der Waals surface area contributed by atoms with Crippen LogP contribution < -0.4 is 24.8 Å². The molecular formula is C46H54Cl2Zr. The molecule has 0 aromatic heterocycles. The summed E-state index contributed by atoms with van der Waals surface area (Å²) < 4.78 is 4.43. The Morgan fingerprint density at radius 2 is 0.918 bits per heavy atom. The smallest absolute Gasteiger partial charge is 1.00 e. The third-order valence-electron chi connectivity index (χ3n) is 12.3. The fraction of sp³-hybridized carbons (Fsp3) is 0.391. The normalized spacial score (nSPS) is 17.6. The predicted octanol–water partition coefficient (Wildman–Crippen LogP) is 7.84. The van der Waals surface area contributed by atoms with Gasteiger partial charge in [-0.15, -0.1) is 0 Å². The number of benzene rings is 4. The minimum Gasteiger partial charge on any atom is -1.00 e. The van der Waals surface area contributed by atoms with E-state index in [4.69, 9.17) is 0 Å². The monoisotopic (exact) mass is 766 g/mol. The van der Waals surface area contributed by atoms with E-state index in [1.807, 2.05) is 0 Å². The van der Waals surface area contributed by atoms with Gasteiger partial charge in [0.25, 0.3) is 0 Å². The van der Waals surface area contributed by atoms with E-state index in [1.165, 1.54) is 91.3 Å². The van der Waals surface area contributed by atoms with Crippen LogP contribution in [0.15, 0.2) is 71.8 Å². The topological polar surface area (TPSA) is 0 Å². The van der Waals surface area contributed by atoms with Crippen molar-refractivity contribution in [3.63, 3.8) is 0 Å². The number of aryl methyl sites for hydroxylation is 4. The summed E-state index contributed by atoms with van der Waals surface area (Å²) in [4.78, 5) is 0. The van der Waals surface area contributed by atoms with E-state index in [0.29, 0.717) is 7.25 Å². The Kier molecular flexibility index (Phi) is 11.8. The fourth-order valence-electron chi connectivity index (χ4n) is 9.48. The van der Waals surface area contributed by atoms with Crippen molar-refractivity contribution in [1.82, 2.24) is 0 Å². The number of hydrogen-bond acceptors (Lipinski definition) is 0. The molecule has 1 aliphatic heterocycles. The van der Waals surface area contributed by atoms with Gasteiger partial charge < -0.3 is 24.8 Å². The number of unbranched alkanes of at least 4 members (excludes halogenated alkanes) is 2. The van der Waals surface area contributed by atoms with Gasteiger partial charge in [0, 0.05) is 0 Å². The second kappa shape index (κ2) is 15.2. The van der Waals surface area contributed by atoms with Gasteiger partial charge >= 0.3 is 292 Å². The summed E-state index contributed by atoms with van der Waals surface area (Å²) >= 11 is -2.90. The molecular weight excluding hydrogens is 715 g/mol. The van der Waals surface area contributed by atoms with Gasteiger partial charge in [0.1, 0.15) is 0 Å². The quantitative estimate of drug-likeness (QED) is 0.154. The summed E-state index contributed by atoms with van der Waals surface area (Å²) in [6.07, 6.45) is 13.1. The Bertz CT molecular complexity index is 1800. The van der Waals surface area contributed by atoms with Gasteiger partial charge in [-0.3, -0.25) is 0 Å². The molecule has 49 heavy (non-hydrogen) atoms. The average molecular weight is 769 g/mol. The molecule has 4 aromatic rings. The molecule has 7 rings (SSSR count). The third kappa shape index (κ3) is 6.45. The first kappa shape index (κ1) is 38.1. The zero-order chi connectivity index (χ0) is 33.0. The van der Waals surface area contributed by atoms with Crippen LogP contribution >= 0.6 is 0 Å². The van der Waals surface area contributed by atoms with Gasteiger partial charge in [-0.05, 0) is 0 Å². The molecule has 1 saturated heterocycles. The van der Waals surface area contributed by atoms with Gasteiger partial charge in [0.2, 0.25) is 0 Å². The van der Waals surface area contributed by atoms with E-state index in [2.05, 4.69) is 128 Å². The molecule has 256 valence electrons. The number of halogens is 2. The Labute approximate surface area is 314 Å². The molecule has 0 saturated carbocycles. The van der Waals surface area contributed by atoms with E-state index in [1.54, 1.807) is 44.5 Å². The van der Waals surface area contributed by atoms with Crippen LogP contribution in [0.2, 0.25) is 8.26 Å². The molecule has 0 N–H and O–H groups in total. The molecule has 1 heterocycles. The van der Waals surface area contributed by atoms with E-state index < -0.39 is 20.3 Å². The molecule has 0 nitrogen and oxygen atoms in total. The first-order valence-electron chi connectivity index (χ1n) is 18.5. The summed E-state index contributed by atoms with van der Waals surface area (Å²) in [5.41, 5.74) is 24.9. The molecule has 1 fully saturated rings. The maximum absolute atomic E-state index is 2.90. The molecule has 3 heteroatoms. The van der Waals surface area contributed by atoms with E-state index >= 15 is 0 Å². The van der Waals surface area contributed by atoms with Gasteiger partial charge in [-0.25, -0.2) is 0 Å². The average Bonchev–Trinajstić information content (AvgIpc) is 3.60. The summed E-state index contributed by atoms with van der Waals surface area (Å²) in [5, 5.41) is 0. The van der Waals surface area contributed by atoms with Crippen LogP contribution in [-0.2, 0) is 20.3 Å². The van der Waals surface area contributed by atoms with Gasteiger partial charge in [0.15, 0.2) is 0 Å². The maximum Gasteiger partial charge on any atom is -1.00 e. The van der Waals surface area contributed by atoms with Crippen molar-refractivity contribution < 1.29 is 45.1 Å². The number of hydrogen-bond donors (Lipinski definition) is 0. The van der Waals surface area contributed by atoms with Crippen LogP contribution in [0, 0.1) is 41.5 Å². The Morgan fingerprint density at radius 3 is 1.27 bits per heavy atom. The SMILES string of the molecule is CCCCC1=Cc2c(-c3ccccc3C)cc(C)c(C)c2[CH]1[Zr+2]1([CH]2C(CCCC)=Cc3c(-c4ccccc4C)cc(C)c(C)c32)[CH2][CH2]1.[Cl-].[Cl-]. The van der Waals surface area contributed by atoms with Crippen molar-refractivity contribution in [1.29, 1.82) is 0 Å². The van der Waals surface area contributed by atoms with Gasteiger partial charge in [-0.1, -0.05) is 0 Å². The number of allylic oxidation sites excluding steroid dienone is 2. The maximum atomic E-state index is 2.73. The van der Waals surface area contributed by atoms with Crippen LogP contribution in [0.25, 0.3) is 34.4 Å². The summed E-state index contributed by atoms with van der Waals surface area (Å²) in [6.45, 7) is 19.0. The summed E-state index contributed by atoms with van der Waals surface area (Å²) in [6, 6.07) is 23.2. The zero-order valence-electron chi connectivity index (χ0n) is 31.0. The van der Waals surface area contributed by atoms with Crippen molar-refractivity contribution in [2.24, 2.45) is 0 Å². The molecule has 0 bridgehead atoms. The van der Waals surface area contributed by atoms with Crippen molar-refractivity contribution in [3.8, 4) is 22.3 Å². The molecule has 0 spiro atoms. The van der Waals surface area contributed by atoms with Crippen LogP contribution in [0.3, 0.4) is 0 Å². The summed E-state index contributed by atoms with van der Waals surface area (Å²) in [7, 11) is 0. The second-order valence-electron chi connectivity index (χ2n) is 15.3. The second-order valence-corrected chi connectivity index (χ2v) is 26.6. The Morgan fingerprint density at radius 1 is 0.531 bits per heavy atom. The number of fused-ring (bicyclic) bond motifs is 2. The Balaban J connectivity index is 0.00000234. The fourth-order valence-corrected chi connectivity index (χ4v) is 27.4. The summed E-state index contributed by atoms with van der Waals surface area (Å²) in [5.74, 6) is 0. The molecule has 3 aliphatic rings. The predicted molar refractivity (Wildman–Crippen MR) is 202 cm³/mol. The molecule has 2 atom stereocenters. The van der Waals surface area contributed by atoms with E-state index in [-0.39, 0.29) is 24.8 Å². The van der Waals surface area contributed by atoms with Crippen molar-refractivity contribution in [2.45, 2.75) is 109 Å². The first-order chi connectivity index (χ1) is 22.7. The van der Waals surface area contributed by atoms with Crippen LogP contribution in [0.4, 0.5) is 0 Å². The van der Waals surface area contributed by atoms with Crippen LogP contribution in [0.5, 0.6) is 0 Å². The van der Waals surface area contributed by atoms with E-state index in [9.17, 15) is 0 Å². The van der Waals surface area contributed by atoms with Crippen LogP contribution in [0.1, 0.15) is 115 Å². The molecule has 0 radical (unpaired) electrons. The first-order valence-corrected chi connectivity index (χ1v) is 24.8. The van der Waals surface area contributed by atoms with Crippen molar-refractivity contribution >= 4 is 12.2 Å². The van der Waals surface area contributed by atoms with Crippen LogP contribution in [-0.4, -0.2) is 0 Å².